The van der Waals surface area contributed by atoms with Gasteiger partial charge in [0.05, 0.1) is 20.6 Å². The molecule has 0 aliphatic carbocycles. The molecule has 0 unspecified atom stereocenters. The Balaban J connectivity index is 1.81. The molecular weight excluding hydrogens is 296 g/mol. The van der Waals surface area contributed by atoms with Crippen molar-refractivity contribution in [3.8, 4) is 11.5 Å². The lowest BCUT2D eigenvalue weighted by molar-refractivity contribution is -0.130. The van der Waals surface area contributed by atoms with Crippen LogP contribution in [-0.4, -0.2) is 50.6 Å². The van der Waals surface area contributed by atoms with Crippen LogP contribution in [0.15, 0.2) is 18.2 Å². The Morgan fingerprint density at radius 2 is 1.91 bits per heavy atom. The fraction of sp³-hybridized carbons (Fsp3) is 0.529. The van der Waals surface area contributed by atoms with Gasteiger partial charge in [-0.3, -0.25) is 9.59 Å². The largest absolute Gasteiger partial charge is 0.497 e. The van der Waals surface area contributed by atoms with Crippen molar-refractivity contribution in [3.05, 3.63) is 23.8 Å². The highest BCUT2D eigenvalue weighted by atomic mass is 16.5. The number of likely N-dealkylation sites (tertiary alicyclic amines) is 1. The van der Waals surface area contributed by atoms with Crippen LogP contribution >= 0.6 is 0 Å². The molecule has 0 bridgehead atoms. The summed E-state index contributed by atoms with van der Waals surface area (Å²) in [7, 11) is 3.15. The van der Waals surface area contributed by atoms with Gasteiger partial charge in [-0.2, -0.15) is 0 Å². The molecule has 0 aromatic heterocycles. The molecule has 2 rings (SSSR count). The van der Waals surface area contributed by atoms with Crippen molar-refractivity contribution < 1.29 is 19.1 Å². The summed E-state index contributed by atoms with van der Waals surface area (Å²) in [5, 5.41) is 2.79. The van der Waals surface area contributed by atoms with Crippen molar-refractivity contribution in [1.82, 2.24) is 10.2 Å². The number of amides is 2. The molecule has 1 N–H and O–H groups in total. The van der Waals surface area contributed by atoms with E-state index in [-0.39, 0.29) is 18.2 Å². The first-order valence-electron chi connectivity index (χ1n) is 7.89. The summed E-state index contributed by atoms with van der Waals surface area (Å²) < 4.78 is 10.4. The minimum absolute atomic E-state index is 0.113. The number of nitrogens with one attached hydrogen (secondary N) is 1. The summed E-state index contributed by atoms with van der Waals surface area (Å²) in [4.78, 5) is 25.8. The molecule has 1 aliphatic rings. The normalized spacial score (nSPS) is 13.7. The van der Waals surface area contributed by atoms with Crippen molar-refractivity contribution in [2.75, 3.05) is 33.9 Å². The van der Waals surface area contributed by atoms with Crippen LogP contribution in [0.5, 0.6) is 11.5 Å². The minimum atomic E-state index is -0.134. The Bertz CT molecular complexity index is 554. The molecule has 1 aromatic rings. The average molecular weight is 320 g/mol. The van der Waals surface area contributed by atoms with Crippen molar-refractivity contribution in [3.63, 3.8) is 0 Å². The first-order valence-corrected chi connectivity index (χ1v) is 7.89. The summed E-state index contributed by atoms with van der Waals surface area (Å²) in [5.41, 5.74) is 0.759. The molecule has 0 saturated carbocycles. The zero-order valence-corrected chi connectivity index (χ0v) is 13.8. The lowest BCUT2D eigenvalue weighted by Gasteiger charge is -2.15. The SMILES string of the molecule is COc1ccc(OC)c(CC(=O)NCCC(=O)N2CCCC2)c1. The second kappa shape index (κ2) is 8.41. The van der Waals surface area contributed by atoms with Gasteiger partial charge in [-0.05, 0) is 31.0 Å². The number of carbonyl (C=O) groups excluding carboxylic acids is 2. The van der Waals surface area contributed by atoms with Gasteiger partial charge in [0.1, 0.15) is 11.5 Å². The van der Waals surface area contributed by atoms with E-state index in [0.717, 1.165) is 31.5 Å². The topological polar surface area (TPSA) is 67.9 Å². The van der Waals surface area contributed by atoms with E-state index < -0.39 is 0 Å². The number of nitrogens with zero attached hydrogens (tertiary/aromatic N) is 1. The molecule has 1 aromatic carbocycles. The zero-order chi connectivity index (χ0) is 16.7. The Morgan fingerprint density at radius 1 is 1.17 bits per heavy atom. The van der Waals surface area contributed by atoms with Crippen molar-refractivity contribution >= 4 is 11.8 Å². The van der Waals surface area contributed by atoms with Crippen LogP contribution in [0.2, 0.25) is 0 Å². The molecule has 6 nitrogen and oxygen atoms in total. The molecule has 2 amide bonds. The number of methoxy groups -OCH3 is 2. The number of carbonyl (C=O) groups is 2. The standard InChI is InChI=1S/C17H24N2O4/c1-22-14-5-6-15(23-2)13(11-14)12-16(20)18-8-7-17(21)19-9-3-4-10-19/h5-6,11H,3-4,7-10,12H2,1-2H3,(H,18,20). The van der Waals surface area contributed by atoms with Gasteiger partial charge < -0.3 is 19.7 Å². The second-order valence-electron chi connectivity index (χ2n) is 5.54. The highest BCUT2D eigenvalue weighted by Gasteiger charge is 2.17. The number of hydrogen-bond donors (Lipinski definition) is 1. The lowest BCUT2D eigenvalue weighted by atomic mass is 10.1. The number of benzene rings is 1. The van der Waals surface area contributed by atoms with Gasteiger partial charge in [0.25, 0.3) is 0 Å². The smallest absolute Gasteiger partial charge is 0.224 e. The fourth-order valence-electron chi connectivity index (χ4n) is 2.69. The van der Waals surface area contributed by atoms with Gasteiger partial charge in [-0.25, -0.2) is 0 Å². The monoisotopic (exact) mass is 320 g/mol. The van der Waals surface area contributed by atoms with Crippen LogP contribution in [0.4, 0.5) is 0 Å². The predicted octanol–water partition coefficient (Wildman–Crippen LogP) is 1.37. The van der Waals surface area contributed by atoms with Gasteiger partial charge in [-0.1, -0.05) is 0 Å². The van der Waals surface area contributed by atoms with Gasteiger partial charge in [0.15, 0.2) is 0 Å². The number of rotatable bonds is 7. The van der Waals surface area contributed by atoms with Crippen LogP contribution in [0.25, 0.3) is 0 Å². The highest BCUT2D eigenvalue weighted by molar-refractivity contribution is 5.81. The summed E-state index contributed by atoms with van der Waals surface area (Å²) >= 11 is 0. The molecular formula is C17H24N2O4. The summed E-state index contributed by atoms with van der Waals surface area (Å²) in [6.07, 6.45) is 2.70. The molecule has 23 heavy (non-hydrogen) atoms. The third-order valence-corrected chi connectivity index (χ3v) is 3.96. The van der Waals surface area contributed by atoms with E-state index in [1.54, 1.807) is 32.4 Å². The Morgan fingerprint density at radius 3 is 2.57 bits per heavy atom. The van der Waals surface area contributed by atoms with E-state index in [0.29, 0.717) is 24.5 Å². The summed E-state index contributed by atoms with van der Waals surface area (Å²) in [6, 6.07) is 5.35. The first-order chi connectivity index (χ1) is 11.1. The van der Waals surface area contributed by atoms with Gasteiger partial charge in [0, 0.05) is 31.6 Å². The van der Waals surface area contributed by atoms with Crippen molar-refractivity contribution in [2.24, 2.45) is 0 Å². The lowest BCUT2D eigenvalue weighted by Crippen LogP contribution is -2.33. The number of hydrogen-bond acceptors (Lipinski definition) is 4. The van der Waals surface area contributed by atoms with Crippen LogP contribution in [0, 0.1) is 0 Å². The van der Waals surface area contributed by atoms with E-state index in [4.69, 9.17) is 9.47 Å². The maximum absolute atomic E-state index is 12.1. The van der Waals surface area contributed by atoms with Gasteiger partial charge in [-0.15, -0.1) is 0 Å². The quantitative estimate of drug-likeness (QED) is 0.824. The third-order valence-electron chi connectivity index (χ3n) is 3.96. The van der Waals surface area contributed by atoms with E-state index in [9.17, 15) is 9.59 Å². The van der Waals surface area contributed by atoms with Crippen LogP contribution in [0.1, 0.15) is 24.8 Å². The molecule has 0 spiro atoms. The van der Waals surface area contributed by atoms with E-state index in [2.05, 4.69) is 5.32 Å². The van der Waals surface area contributed by atoms with E-state index >= 15 is 0 Å². The molecule has 1 heterocycles. The minimum Gasteiger partial charge on any atom is -0.497 e. The number of ether oxygens (including phenoxy) is 2. The van der Waals surface area contributed by atoms with E-state index in [1.165, 1.54) is 0 Å². The molecule has 1 aliphatic heterocycles. The predicted molar refractivity (Wildman–Crippen MR) is 86.7 cm³/mol. The fourth-order valence-corrected chi connectivity index (χ4v) is 2.69. The van der Waals surface area contributed by atoms with Crippen molar-refractivity contribution in [1.29, 1.82) is 0 Å². The van der Waals surface area contributed by atoms with Gasteiger partial charge in [0.2, 0.25) is 11.8 Å². The third kappa shape index (κ3) is 4.87. The molecule has 0 atom stereocenters. The molecule has 6 heteroatoms. The Kier molecular flexibility index (Phi) is 6.26. The Hall–Kier alpha value is -2.24. The van der Waals surface area contributed by atoms with E-state index in [1.807, 2.05) is 4.90 Å². The maximum Gasteiger partial charge on any atom is 0.224 e. The average Bonchev–Trinajstić information content (AvgIpc) is 3.09. The van der Waals surface area contributed by atoms with Gasteiger partial charge >= 0.3 is 0 Å². The maximum atomic E-state index is 12.1. The summed E-state index contributed by atoms with van der Waals surface area (Å²) in [5.74, 6) is 1.31. The van der Waals surface area contributed by atoms with Crippen LogP contribution < -0.4 is 14.8 Å². The van der Waals surface area contributed by atoms with Crippen LogP contribution in [-0.2, 0) is 16.0 Å². The second-order valence-corrected chi connectivity index (χ2v) is 5.54. The van der Waals surface area contributed by atoms with Crippen LogP contribution in [0.3, 0.4) is 0 Å². The molecule has 1 fully saturated rings. The molecule has 0 radical (unpaired) electrons. The Labute approximate surface area is 136 Å². The van der Waals surface area contributed by atoms with Crippen molar-refractivity contribution in [2.45, 2.75) is 25.7 Å². The molecule has 126 valence electrons. The first kappa shape index (κ1) is 17.1. The molecule has 1 saturated heterocycles. The highest BCUT2D eigenvalue weighted by Crippen LogP contribution is 2.24. The summed E-state index contributed by atoms with van der Waals surface area (Å²) in [6.45, 7) is 2.04. The zero-order valence-electron chi connectivity index (χ0n) is 13.8.